The molecule has 8 bridgehead atoms. The zero-order valence-corrected chi connectivity index (χ0v) is 29.1. The number of H-pyrrole nitrogens is 2. The van der Waals surface area contributed by atoms with Crippen LogP contribution in [0.15, 0.2) is 122 Å². The molecule has 0 saturated heterocycles. The molecular formula is C45H35N7. The number of benzene rings is 1. The fourth-order valence-electron chi connectivity index (χ4n) is 7.11. The zero-order chi connectivity index (χ0) is 35.2. The topological polar surface area (TPSA) is 96.0 Å². The highest BCUT2D eigenvalue weighted by atomic mass is 14.8. The molecule has 7 nitrogen and oxygen atoms in total. The monoisotopic (exact) mass is 673 g/mol. The fourth-order valence-corrected chi connectivity index (χ4v) is 7.11. The van der Waals surface area contributed by atoms with Crippen molar-refractivity contribution in [3.8, 4) is 44.5 Å². The lowest BCUT2D eigenvalue weighted by Gasteiger charge is -2.19. The van der Waals surface area contributed by atoms with Crippen LogP contribution in [0.2, 0.25) is 0 Å². The van der Waals surface area contributed by atoms with Gasteiger partial charge in [0.25, 0.3) is 0 Å². The van der Waals surface area contributed by atoms with Crippen molar-refractivity contribution in [2.24, 2.45) is 0 Å². The molecule has 52 heavy (non-hydrogen) atoms. The van der Waals surface area contributed by atoms with E-state index in [1.807, 2.05) is 73.6 Å². The van der Waals surface area contributed by atoms with E-state index in [1.165, 1.54) is 5.56 Å². The summed E-state index contributed by atoms with van der Waals surface area (Å²) in [6.45, 7) is 6.72. The molecule has 250 valence electrons. The molecule has 1 aromatic carbocycles. The highest BCUT2D eigenvalue weighted by molar-refractivity contribution is 5.99. The summed E-state index contributed by atoms with van der Waals surface area (Å²) in [6, 6.07) is 29.6. The summed E-state index contributed by atoms with van der Waals surface area (Å²) in [7, 11) is 0. The molecule has 0 saturated carbocycles. The Morgan fingerprint density at radius 2 is 0.654 bits per heavy atom. The van der Waals surface area contributed by atoms with Gasteiger partial charge >= 0.3 is 0 Å². The largest absolute Gasteiger partial charge is 0.354 e. The van der Waals surface area contributed by atoms with Crippen molar-refractivity contribution in [1.29, 1.82) is 0 Å². The van der Waals surface area contributed by atoms with E-state index in [2.05, 4.69) is 119 Å². The summed E-state index contributed by atoms with van der Waals surface area (Å²) in [6.07, 6.45) is 19.4. The van der Waals surface area contributed by atoms with E-state index >= 15 is 0 Å². The minimum atomic E-state index is 0.0345. The molecule has 0 amide bonds. The van der Waals surface area contributed by atoms with Crippen LogP contribution in [0.5, 0.6) is 0 Å². The first-order valence-electron chi connectivity index (χ1n) is 17.4. The number of rotatable bonds is 4. The van der Waals surface area contributed by atoms with E-state index in [-0.39, 0.29) is 5.41 Å². The molecule has 2 aliphatic heterocycles. The number of aromatic nitrogens is 7. The molecule has 7 heteroatoms. The van der Waals surface area contributed by atoms with Gasteiger partial charge in [-0.2, -0.15) is 0 Å². The van der Waals surface area contributed by atoms with Crippen LogP contribution in [0.25, 0.3) is 90.9 Å². The Kier molecular flexibility index (Phi) is 7.55. The molecule has 2 N–H and O–H groups in total. The van der Waals surface area contributed by atoms with Crippen LogP contribution in [0.4, 0.5) is 0 Å². The van der Waals surface area contributed by atoms with Crippen molar-refractivity contribution < 1.29 is 0 Å². The van der Waals surface area contributed by atoms with Crippen LogP contribution < -0.4 is 0 Å². The summed E-state index contributed by atoms with van der Waals surface area (Å²) in [5, 5.41) is 0. The molecule has 2 aliphatic rings. The van der Waals surface area contributed by atoms with Crippen LogP contribution in [-0.2, 0) is 5.41 Å². The van der Waals surface area contributed by atoms with Gasteiger partial charge in [0.05, 0.1) is 22.8 Å². The summed E-state index contributed by atoms with van der Waals surface area (Å²) in [4.78, 5) is 31.2. The van der Waals surface area contributed by atoms with Gasteiger partial charge in [0.2, 0.25) is 0 Å². The molecule has 0 aliphatic carbocycles. The van der Waals surface area contributed by atoms with Crippen LogP contribution in [0.1, 0.15) is 49.1 Å². The van der Waals surface area contributed by atoms with Gasteiger partial charge in [0.1, 0.15) is 0 Å². The summed E-state index contributed by atoms with van der Waals surface area (Å²) in [5.41, 5.74) is 16.6. The maximum Gasteiger partial charge on any atom is 0.0737 e. The number of hydrogen-bond donors (Lipinski definition) is 2. The normalized spacial score (nSPS) is 12.4. The van der Waals surface area contributed by atoms with Crippen molar-refractivity contribution in [2.75, 3.05) is 0 Å². The minimum absolute atomic E-state index is 0.0345. The molecule has 8 heterocycles. The van der Waals surface area contributed by atoms with E-state index in [4.69, 9.17) is 9.97 Å². The lowest BCUT2D eigenvalue weighted by Crippen LogP contribution is -2.10. The lowest BCUT2D eigenvalue weighted by molar-refractivity contribution is 0.590. The Morgan fingerprint density at radius 1 is 0.365 bits per heavy atom. The fraction of sp³-hybridized carbons (Fsp3) is 0.0889. The van der Waals surface area contributed by atoms with E-state index < -0.39 is 0 Å². The van der Waals surface area contributed by atoms with Gasteiger partial charge in [-0.25, -0.2) is 9.97 Å². The maximum absolute atomic E-state index is 5.38. The second kappa shape index (κ2) is 12.5. The van der Waals surface area contributed by atoms with Gasteiger partial charge in [-0.15, -0.1) is 0 Å². The molecule has 7 aromatic rings. The third-order valence-corrected chi connectivity index (χ3v) is 9.70. The predicted molar refractivity (Wildman–Crippen MR) is 213 cm³/mol. The van der Waals surface area contributed by atoms with Gasteiger partial charge in [0, 0.05) is 81.5 Å². The average Bonchev–Trinajstić information content (AvgIpc) is 4.01. The number of pyridine rings is 3. The van der Waals surface area contributed by atoms with Gasteiger partial charge in [-0.05, 0) is 118 Å². The number of nitrogens with zero attached hydrogens (tertiary/aromatic N) is 5. The van der Waals surface area contributed by atoms with E-state index in [1.54, 1.807) is 0 Å². The van der Waals surface area contributed by atoms with Crippen molar-refractivity contribution in [1.82, 2.24) is 34.9 Å². The van der Waals surface area contributed by atoms with E-state index in [9.17, 15) is 0 Å². The summed E-state index contributed by atoms with van der Waals surface area (Å²) < 4.78 is 0. The molecule has 6 aromatic heterocycles. The lowest BCUT2D eigenvalue weighted by atomic mass is 9.86. The Morgan fingerprint density at radius 3 is 0.942 bits per heavy atom. The first-order chi connectivity index (χ1) is 25.4. The molecule has 0 fully saturated rings. The summed E-state index contributed by atoms with van der Waals surface area (Å²) >= 11 is 0. The van der Waals surface area contributed by atoms with Crippen molar-refractivity contribution in [2.45, 2.75) is 26.2 Å². The average molecular weight is 674 g/mol. The maximum atomic E-state index is 5.38. The number of hydrogen-bond acceptors (Lipinski definition) is 5. The van der Waals surface area contributed by atoms with Gasteiger partial charge in [-0.3, -0.25) is 15.0 Å². The zero-order valence-electron chi connectivity index (χ0n) is 29.1. The first kappa shape index (κ1) is 31.3. The second-order valence-corrected chi connectivity index (χ2v) is 14.0. The SMILES string of the molecule is CC(C)(C)c1ccc(-c2c3nc(c(-c4ccncc4)c4ccc([nH]4)c(-c4ccncc4)c4nc(c(-c5ccncc5)c5ccc2[nH]5)C=C4)C=C3)cc1. The van der Waals surface area contributed by atoms with E-state index in [0.717, 1.165) is 89.4 Å². The highest BCUT2D eigenvalue weighted by Gasteiger charge is 2.20. The van der Waals surface area contributed by atoms with Crippen LogP contribution in [-0.4, -0.2) is 34.9 Å². The van der Waals surface area contributed by atoms with E-state index in [0.29, 0.717) is 0 Å². The van der Waals surface area contributed by atoms with Crippen molar-refractivity contribution in [3.05, 3.63) is 150 Å². The molecule has 0 atom stereocenters. The highest BCUT2D eigenvalue weighted by Crippen LogP contribution is 2.38. The van der Waals surface area contributed by atoms with Gasteiger partial charge in [0.15, 0.2) is 0 Å². The number of nitrogens with one attached hydrogen (secondary N) is 2. The predicted octanol–water partition coefficient (Wildman–Crippen LogP) is 10.8. The standard InChI is InChI=1S/C45H35N7/c1-45(2,3)32-6-4-28(5-7-32)41-33-8-10-35(49-33)42(29-16-22-46-23-17-29)37-12-14-39(51-37)44(31-20-26-48-27-21-31)40-15-13-38(52-40)43(30-18-24-47-25-19-30)36-11-9-34(41)50-36/h4-27,49,52H,1-3H3. The third-order valence-electron chi connectivity index (χ3n) is 9.70. The van der Waals surface area contributed by atoms with Gasteiger partial charge in [-0.1, -0.05) is 45.0 Å². The summed E-state index contributed by atoms with van der Waals surface area (Å²) in [5.74, 6) is 0. The van der Waals surface area contributed by atoms with Crippen molar-refractivity contribution in [3.63, 3.8) is 0 Å². The Labute approximate surface area is 301 Å². The Balaban J connectivity index is 1.45. The van der Waals surface area contributed by atoms with Crippen LogP contribution >= 0.6 is 0 Å². The van der Waals surface area contributed by atoms with Crippen molar-refractivity contribution >= 4 is 46.4 Å². The number of aromatic amines is 2. The number of fused-ring (bicyclic) bond motifs is 8. The molecular weight excluding hydrogens is 639 g/mol. The Hall–Kier alpha value is -6.73. The molecule has 9 rings (SSSR count). The second-order valence-electron chi connectivity index (χ2n) is 14.0. The molecule has 0 unspecified atom stereocenters. The molecule has 0 spiro atoms. The Bertz CT molecular complexity index is 2640. The smallest absolute Gasteiger partial charge is 0.0737 e. The van der Waals surface area contributed by atoms with Crippen LogP contribution in [0.3, 0.4) is 0 Å². The minimum Gasteiger partial charge on any atom is -0.354 e. The quantitative estimate of drug-likeness (QED) is 0.194. The van der Waals surface area contributed by atoms with Crippen LogP contribution in [0, 0.1) is 0 Å². The first-order valence-corrected chi connectivity index (χ1v) is 17.4. The molecule has 0 radical (unpaired) electrons. The third kappa shape index (κ3) is 5.62. The van der Waals surface area contributed by atoms with Gasteiger partial charge < -0.3 is 9.97 Å².